The van der Waals surface area contributed by atoms with E-state index in [2.05, 4.69) is 0 Å². The van der Waals surface area contributed by atoms with Gasteiger partial charge in [-0.15, -0.1) is 0 Å². The van der Waals surface area contributed by atoms with Crippen LogP contribution in [0.1, 0.15) is 18.9 Å². The van der Waals surface area contributed by atoms with Crippen molar-refractivity contribution < 1.29 is 9.90 Å². The van der Waals surface area contributed by atoms with Gasteiger partial charge in [-0.3, -0.25) is 4.79 Å². The van der Waals surface area contributed by atoms with Crippen LogP contribution in [0.15, 0.2) is 24.3 Å². The number of likely N-dealkylation sites (tertiary alicyclic amines) is 1. The van der Waals surface area contributed by atoms with Gasteiger partial charge in [0, 0.05) is 29.2 Å². The van der Waals surface area contributed by atoms with Gasteiger partial charge in [0.2, 0.25) is 5.91 Å². The van der Waals surface area contributed by atoms with Crippen molar-refractivity contribution in [3.63, 3.8) is 0 Å². The molecule has 1 aliphatic heterocycles. The Morgan fingerprint density at radius 1 is 1.47 bits per heavy atom. The van der Waals surface area contributed by atoms with E-state index in [0.717, 1.165) is 0 Å². The normalized spacial score (nSPS) is 23.3. The number of rotatable bonds is 2. The minimum absolute atomic E-state index is 0.131. The fraction of sp³-hybridized carbons (Fsp3) is 0.357. The summed E-state index contributed by atoms with van der Waals surface area (Å²) >= 11 is 11.9. The number of halogens is 2. The SMILES string of the molecule is CC1(O)CCN(C(=O)/C=C/c2cc(Cl)ccc2Cl)C1. The zero-order valence-electron chi connectivity index (χ0n) is 10.6. The molecule has 19 heavy (non-hydrogen) atoms. The molecule has 1 N–H and O–H groups in total. The molecule has 1 unspecified atom stereocenters. The largest absolute Gasteiger partial charge is 0.388 e. The molecule has 0 radical (unpaired) electrons. The number of benzene rings is 1. The maximum atomic E-state index is 12.0. The van der Waals surface area contributed by atoms with Crippen molar-refractivity contribution in [2.24, 2.45) is 0 Å². The van der Waals surface area contributed by atoms with Crippen LogP contribution in [0.5, 0.6) is 0 Å². The molecule has 1 fully saturated rings. The number of aliphatic hydroxyl groups is 1. The molecule has 1 atom stereocenters. The van der Waals surface area contributed by atoms with Crippen molar-refractivity contribution in [2.75, 3.05) is 13.1 Å². The Balaban J connectivity index is 2.06. The van der Waals surface area contributed by atoms with Crippen molar-refractivity contribution in [2.45, 2.75) is 18.9 Å². The van der Waals surface area contributed by atoms with Crippen LogP contribution >= 0.6 is 23.2 Å². The first-order chi connectivity index (χ1) is 8.87. The van der Waals surface area contributed by atoms with Crippen LogP contribution in [0.3, 0.4) is 0 Å². The second-order valence-electron chi connectivity index (χ2n) is 5.01. The summed E-state index contributed by atoms with van der Waals surface area (Å²) in [6.45, 7) is 2.66. The Bertz CT molecular complexity index is 526. The average Bonchev–Trinajstić information content (AvgIpc) is 2.70. The van der Waals surface area contributed by atoms with Gasteiger partial charge in [0.15, 0.2) is 0 Å². The number of amides is 1. The van der Waals surface area contributed by atoms with E-state index in [-0.39, 0.29) is 5.91 Å². The highest BCUT2D eigenvalue weighted by Gasteiger charge is 2.32. The van der Waals surface area contributed by atoms with Crippen molar-refractivity contribution in [1.29, 1.82) is 0 Å². The summed E-state index contributed by atoms with van der Waals surface area (Å²) in [6.07, 6.45) is 3.70. The maximum Gasteiger partial charge on any atom is 0.246 e. The fourth-order valence-electron chi connectivity index (χ4n) is 2.04. The lowest BCUT2D eigenvalue weighted by atomic mass is 10.1. The second-order valence-corrected chi connectivity index (χ2v) is 5.85. The third kappa shape index (κ3) is 3.72. The Hall–Kier alpha value is -1.03. The third-order valence-corrected chi connectivity index (χ3v) is 3.71. The molecule has 1 amide bonds. The first-order valence-corrected chi connectivity index (χ1v) is 6.77. The van der Waals surface area contributed by atoms with E-state index in [4.69, 9.17) is 23.2 Å². The van der Waals surface area contributed by atoms with Gasteiger partial charge in [-0.1, -0.05) is 23.2 Å². The quantitative estimate of drug-likeness (QED) is 0.853. The van der Waals surface area contributed by atoms with Crippen LogP contribution in [0.25, 0.3) is 6.08 Å². The standard InChI is InChI=1S/C14H15Cl2NO2/c1-14(19)6-7-17(9-14)13(18)5-2-10-8-11(15)3-4-12(10)16/h2-5,8,19H,6-7,9H2,1H3/b5-2+. The molecule has 3 nitrogen and oxygen atoms in total. The second kappa shape index (κ2) is 5.53. The summed E-state index contributed by atoms with van der Waals surface area (Å²) in [5.41, 5.74) is -0.0783. The van der Waals surface area contributed by atoms with Gasteiger partial charge in [-0.2, -0.15) is 0 Å². The molecule has 2 rings (SSSR count). The molecule has 0 bridgehead atoms. The molecule has 102 valence electrons. The first-order valence-electron chi connectivity index (χ1n) is 6.02. The van der Waals surface area contributed by atoms with E-state index in [0.29, 0.717) is 35.1 Å². The van der Waals surface area contributed by atoms with E-state index < -0.39 is 5.60 Å². The van der Waals surface area contributed by atoms with Crippen molar-refractivity contribution in [3.8, 4) is 0 Å². The van der Waals surface area contributed by atoms with Crippen LogP contribution in [0.2, 0.25) is 10.0 Å². The molecule has 1 aliphatic rings. The number of hydrogen-bond acceptors (Lipinski definition) is 2. The van der Waals surface area contributed by atoms with Crippen LogP contribution in [-0.2, 0) is 4.79 Å². The lowest BCUT2D eigenvalue weighted by molar-refractivity contribution is -0.125. The molecule has 0 aliphatic carbocycles. The summed E-state index contributed by atoms with van der Waals surface area (Å²) in [7, 11) is 0. The number of β-amino-alcohol motifs (C(OH)–C–C–N with tert-alkyl or cyclic N) is 1. The minimum Gasteiger partial charge on any atom is -0.388 e. The topological polar surface area (TPSA) is 40.5 Å². The molecule has 0 spiro atoms. The van der Waals surface area contributed by atoms with Gasteiger partial charge in [-0.05, 0) is 43.2 Å². The Labute approximate surface area is 122 Å². The van der Waals surface area contributed by atoms with E-state index >= 15 is 0 Å². The van der Waals surface area contributed by atoms with Gasteiger partial charge >= 0.3 is 0 Å². The fourth-order valence-corrected chi connectivity index (χ4v) is 2.40. The van der Waals surface area contributed by atoms with Crippen molar-refractivity contribution >= 4 is 35.2 Å². The van der Waals surface area contributed by atoms with E-state index in [9.17, 15) is 9.90 Å². The zero-order chi connectivity index (χ0) is 14.0. The lowest BCUT2D eigenvalue weighted by Crippen LogP contribution is -2.32. The summed E-state index contributed by atoms with van der Waals surface area (Å²) in [4.78, 5) is 13.6. The number of carbonyl (C=O) groups excluding carboxylic acids is 1. The molecule has 1 aromatic carbocycles. The van der Waals surface area contributed by atoms with Gasteiger partial charge in [0.25, 0.3) is 0 Å². The van der Waals surface area contributed by atoms with E-state index in [1.807, 2.05) is 0 Å². The number of carbonyl (C=O) groups is 1. The molecule has 1 heterocycles. The highest BCUT2D eigenvalue weighted by Crippen LogP contribution is 2.23. The summed E-state index contributed by atoms with van der Waals surface area (Å²) < 4.78 is 0. The maximum absolute atomic E-state index is 12.0. The molecule has 1 aromatic rings. The molecule has 0 aromatic heterocycles. The van der Waals surface area contributed by atoms with E-state index in [1.165, 1.54) is 6.08 Å². The molecule has 0 saturated carbocycles. The highest BCUT2D eigenvalue weighted by atomic mass is 35.5. The predicted octanol–water partition coefficient (Wildman–Crippen LogP) is 2.99. The molecular weight excluding hydrogens is 285 g/mol. The molecule has 5 heteroatoms. The smallest absolute Gasteiger partial charge is 0.246 e. The predicted molar refractivity (Wildman–Crippen MR) is 77.3 cm³/mol. The van der Waals surface area contributed by atoms with Gasteiger partial charge in [-0.25, -0.2) is 0 Å². The Kier molecular flexibility index (Phi) is 4.19. The average molecular weight is 300 g/mol. The minimum atomic E-state index is -0.781. The van der Waals surface area contributed by atoms with Crippen LogP contribution in [0, 0.1) is 0 Å². The van der Waals surface area contributed by atoms with Crippen molar-refractivity contribution in [1.82, 2.24) is 4.90 Å². The van der Waals surface area contributed by atoms with Gasteiger partial charge in [0.05, 0.1) is 5.60 Å². The van der Waals surface area contributed by atoms with E-state index in [1.54, 1.807) is 36.1 Å². The van der Waals surface area contributed by atoms with Crippen LogP contribution in [-0.4, -0.2) is 34.6 Å². The summed E-state index contributed by atoms with van der Waals surface area (Å²) in [5.74, 6) is -0.131. The molecule has 1 saturated heterocycles. The number of hydrogen-bond donors (Lipinski definition) is 1. The summed E-state index contributed by atoms with van der Waals surface area (Å²) in [5, 5.41) is 10.9. The Morgan fingerprint density at radius 3 is 2.84 bits per heavy atom. The highest BCUT2D eigenvalue weighted by molar-refractivity contribution is 6.34. The zero-order valence-corrected chi connectivity index (χ0v) is 12.1. The van der Waals surface area contributed by atoms with Crippen LogP contribution < -0.4 is 0 Å². The monoisotopic (exact) mass is 299 g/mol. The molecular formula is C14H15Cl2NO2. The van der Waals surface area contributed by atoms with Gasteiger partial charge in [0.1, 0.15) is 0 Å². The Morgan fingerprint density at radius 2 is 2.21 bits per heavy atom. The van der Waals surface area contributed by atoms with Crippen molar-refractivity contribution in [3.05, 3.63) is 39.9 Å². The third-order valence-electron chi connectivity index (χ3n) is 3.13. The first kappa shape index (κ1) is 14.4. The van der Waals surface area contributed by atoms with Crippen LogP contribution in [0.4, 0.5) is 0 Å². The van der Waals surface area contributed by atoms with Gasteiger partial charge < -0.3 is 10.0 Å². The summed E-state index contributed by atoms with van der Waals surface area (Å²) in [6, 6.07) is 5.09. The lowest BCUT2D eigenvalue weighted by Gasteiger charge is -2.17. The number of nitrogens with zero attached hydrogens (tertiary/aromatic N) is 1.